The number of amides is 1. The summed E-state index contributed by atoms with van der Waals surface area (Å²) in [6.07, 6.45) is 2.90. The predicted molar refractivity (Wildman–Crippen MR) is 95.6 cm³/mol. The first-order valence-electron chi connectivity index (χ1n) is 7.74. The van der Waals surface area contributed by atoms with Gasteiger partial charge < -0.3 is 10.6 Å². The number of halogens is 1. The van der Waals surface area contributed by atoms with Crippen LogP contribution in [0.4, 0.5) is 21.6 Å². The lowest BCUT2D eigenvalue weighted by atomic mass is 10.1. The molecule has 0 spiro atoms. The highest BCUT2D eigenvalue weighted by molar-refractivity contribution is 6.02. The maximum atomic E-state index is 12.9. The molecule has 3 rings (SSSR count). The molecule has 1 aromatic heterocycles. The van der Waals surface area contributed by atoms with Crippen molar-refractivity contribution in [2.45, 2.75) is 13.8 Å². The van der Waals surface area contributed by atoms with E-state index in [1.807, 2.05) is 32.0 Å². The molecule has 0 aliphatic rings. The van der Waals surface area contributed by atoms with Crippen LogP contribution in [0.3, 0.4) is 0 Å². The number of benzene rings is 2. The van der Waals surface area contributed by atoms with Crippen LogP contribution in [0, 0.1) is 19.7 Å². The van der Waals surface area contributed by atoms with E-state index >= 15 is 0 Å². The van der Waals surface area contributed by atoms with Crippen molar-refractivity contribution in [1.29, 1.82) is 0 Å². The van der Waals surface area contributed by atoms with Crippen molar-refractivity contribution in [1.82, 2.24) is 9.97 Å². The minimum atomic E-state index is -0.405. The Kier molecular flexibility index (Phi) is 4.70. The Balaban J connectivity index is 1.70. The van der Waals surface area contributed by atoms with Gasteiger partial charge in [0.1, 0.15) is 17.3 Å². The first kappa shape index (κ1) is 16.6. The van der Waals surface area contributed by atoms with Gasteiger partial charge in [0, 0.05) is 11.4 Å². The Labute approximate surface area is 145 Å². The lowest BCUT2D eigenvalue weighted by Gasteiger charge is -2.10. The summed E-state index contributed by atoms with van der Waals surface area (Å²) in [4.78, 5) is 20.5. The molecular weight excluding hydrogens is 319 g/mol. The van der Waals surface area contributed by atoms with Crippen molar-refractivity contribution >= 4 is 23.1 Å². The fourth-order valence-electron chi connectivity index (χ4n) is 2.25. The summed E-state index contributed by atoms with van der Waals surface area (Å²) in [5, 5.41) is 5.83. The highest BCUT2D eigenvalue weighted by atomic mass is 19.1. The van der Waals surface area contributed by atoms with Crippen molar-refractivity contribution < 1.29 is 9.18 Å². The molecule has 5 nitrogen and oxygen atoms in total. The van der Waals surface area contributed by atoms with Gasteiger partial charge in [0.15, 0.2) is 0 Å². The third-order valence-electron chi connectivity index (χ3n) is 3.64. The lowest BCUT2D eigenvalue weighted by Crippen LogP contribution is -2.14. The molecule has 6 heteroatoms. The largest absolute Gasteiger partial charge is 0.339 e. The molecule has 0 fully saturated rings. The van der Waals surface area contributed by atoms with E-state index in [-0.39, 0.29) is 11.5 Å². The minimum absolute atomic E-state index is 0.177. The smallest absolute Gasteiger partial charge is 0.275 e. The summed E-state index contributed by atoms with van der Waals surface area (Å²) in [6.45, 7) is 4.01. The highest BCUT2D eigenvalue weighted by Gasteiger charge is 2.09. The van der Waals surface area contributed by atoms with E-state index in [1.165, 1.54) is 36.7 Å². The van der Waals surface area contributed by atoms with E-state index in [0.717, 1.165) is 16.8 Å². The van der Waals surface area contributed by atoms with Gasteiger partial charge in [-0.2, -0.15) is 0 Å². The van der Waals surface area contributed by atoms with Crippen LogP contribution in [0.5, 0.6) is 0 Å². The van der Waals surface area contributed by atoms with Crippen LogP contribution in [0.2, 0.25) is 0 Å². The van der Waals surface area contributed by atoms with Crippen LogP contribution in [0.25, 0.3) is 0 Å². The van der Waals surface area contributed by atoms with Crippen molar-refractivity contribution in [3.8, 4) is 0 Å². The maximum Gasteiger partial charge on any atom is 0.275 e. The number of carbonyl (C=O) groups excluding carboxylic acids is 1. The van der Waals surface area contributed by atoms with Gasteiger partial charge in [-0.25, -0.2) is 14.4 Å². The van der Waals surface area contributed by atoms with Crippen LogP contribution in [0.15, 0.2) is 54.9 Å². The normalized spacial score (nSPS) is 10.4. The molecule has 3 aromatic rings. The number of hydrogen-bond acceptors (Lipinski definition) is 4. The van der Waals surface area contributed by atoms with Crippen LogP contribution in [-0.4, -0.2) is 15.9 Å². The van der Waals surface area contributed by atoms with Crippen molar-refractivity contribution in [2.75, 3.05) is 10.6 Å². The number of anilines is 3. The monoisotopic (exact) mass is 336 g/mol. The number of carbonyl (C=O) groups is 1. The molecule has 0 saturated carbocycles. The van der Waals surface area contributed by atoms with Crippen molar-refractivity contribution in [3.05, 3.63) is 77.5 Å². The van der Waals surface area contributed by atoms with Gasteiger partial charge in [0.25, 0.3) is 5.91 Å². The van der Waals surface area contributed by atoms with Crippen LogP contribution < -0.4 is 10.6 Å². The van der Waals surface area contributed by atoms with Gasteiger partial charge in [-0.1, -0.05) is 12.1 Å². The molecule has 2 N–H and O–H groups in total. The summed E-state index contributed by atoms with van der Waals surface area (Å²) < 4.78 is 12.9. The lowest BCUT2D eigenvalue weighted by molar-refractivity contribution is 0.102. The highest BCUT2D eigenvalue weighted by Crippen LogP contribution is 2.20. The van der Waals surface area contributed by atoms with Gasteiger partial charge in [0.05, 0.1) is 12.4 Å². The first-order valence-corrected chi connectivity index (χ1v) is 7.74. The van der Waals surface area contributed by atoms with Gasteiger partial charge in [-0.05, 0) is 55.3 Å². The molecule has 0 aliphatic carbocycles. The van der Waals surface area contributed by atoms with Gasteiger partial charge >= 0.3 is 0 Å². The molecule has 2 aromatic carbocycles. The minimum Gasteiger partial charge on any atom is -0.339 e. The molecular formula is C19H17FN4O. The Morgan fingerprint density at radius 1 is 1.00 bits per heavy atom. The van der Waals surface area contributed by atoms with Crippen LogP contribution >= 0.6 is 0 Å². The Bertz CT molecular complexity index is 892. The number of nitrogens with one attached hydrogen (secondary N) is 2. The first-order chi connectivity index (χ1) is 12.0. The number of aryl methyl sites for hydroxylation is 2. The predicted octanol–water partition coefficient (Wildman–Crippen LogP) is 4.23. The molecule has 0 atom stereocenters. The zero-order valence-corrected chi connectivity index (χ0v) is 13.9. The number of aromatic nitrogens is 2. The number of rotatable bonds is 4. The second-order valence-corrected chi connectivity index (χ2v) is 5.69. The fraction of sp³-hybridized carbons (Fsp3) is 0.105. The second-order valence-electron chi connectivity index (χ2n) is 5.69. The Morgan fingerprint density at radius 2 is 1.76 bits per heavy atom. The summed E-state index contributed by atoms with van der Waals surface area (Å²) in [5.41, 5.74) is 3.83. The fourth-order valence-corrected chi connectivity index (χ4v) is 2.25. The van der Waals surface area contributed by atoms with E-state index in [1.54, 1.807) is 0 Å². The second kappa shape index (κ2) is 7.09. The van der Waals surface area contributed by atoms with E-state index < -0.39 is 5.91 Å². The molecule has 1 heterocycles. The zero-order valence-electron chi connectivity index (χ0n) is 13.9. The molecule has 0 radical (unpaired) electrons. The van der Waals surface area contributed by atoms with Gasteiger partial charge in [-0.3, -0.25) is 4.79 Å². The topological polar surface area (TPSA) is 66.9 Å². The molecule has 0 saturated heterocycles. The van der Waals surface area contributed by atoms with Crippen LogP contribution in [0.1, 0.15) is 21.6 Å². The molecule has 0 bridgehead atoms. The summed E-state index contributed by atoms with van der Waals surface area (Å²) in [7, 11) is 0. The molecule has 1 amide bonds. The summed E-state index contributed by atoms with van der Waals surface area (Å²) >= 11 is 0. The Morgan fingerprint density at radius 3 is 2.44 bits per heavy atom. The quantitative estimate of drug-likeness (QED) is 0.748. The number of hydrogen-bond donors (Lipinski definition) is 2. The van der Waals surface area contributed by atoms with E-state index in [9.17, 15) is 9.18 Å². The third kappa shape index (κ3) is 4.17. The average molecular weight is 336 g/mol. The summed E-state index contributed by atoms with van der Waals surface area (Å²) in [5.74, 6) is -0.218. The molecule has 126 valence electrons. The Hall–Kier alpha value is -3.28. The maximum absolute atomic E-state index is 12.9. The van der Waals surface area contributed by atoms with Gasteiger partial charge in [0.2, 0.25) is 0 Å². The van der Waals surface area contributed by atoms with Crippen molar-refractivity contribution in [3.63, 3.8) is 0 Å². The van der Waals surface area contributed by atoms with Gasteiger partial charge in [-0.15, -0.1) is 0 Å². The molecule has 0 aliphatic heterocycles. The molecule has 0 unspecified atom stereocenters. The standard InChI is InChI=1S/C19H17FN4O/c1-12-3-4-13(2)16(9-12)24-18-11-21-17(10-22-18)19(25)23-15-7-5-14(20)6-8-15/h3-11H,1-2H3,(H,22,24)(H,23,25). The van der Waals surface area contributed by atoms with E-state index in [0.29, 0.717) is 11.5 Å². The zero-order chi connectivity index (χ0) is 17.8. The van der Waals surface area contributed by atoms with Crippen molar-refractivity contribution in [2.24, 2.45) is 0 Å². The van der Waals surface area contributed by atoms with E-state index in [4.69, 9.17) is 0 Å². The summed E-state index contributed by atoms with van der Waals surface area (Å²) in [6, 6.07) is 11.6. The average Bonchev–Trinajstić information content (AvgIpc) is 2.61. The SMILES string of the molecule is Cc1ccc(C)c(Nc2cnc(C(=O)Nc3ccc(F)cc3)cn2)c1. The van der Waals surface area contributed by atoms with Crippen LogP contribution in [-0.2, 0) is 0 Å². The molecule has 25 heavy (non-hydrogen) atoms. The number of nitrogens with zero attached hydrogens (tertiary/aromatic N) is 2. The van der Waals surface area contributed by atoms with E-state index in [2.05, 4.69) is 20.6 Å². The third-order valence-corrected chi connectivity index (χ3v) is 3.64.